The fraction of sp³-hybridized carbons (Fsp3) is 0.333. The smallest absolute Gasteiger partial charge is 0.275 e. The van der Waals surface area contributed by atoms with E-state index in [1.54, 1.807) is 18.0 Å². The van der Waals surface area contributed by atoms with E-state index in [4.69, 9.17) is 25.8 Å². The highest BCUT2D eigenvalue weighted by molar-refractivity contribution is 7.22. The average molecular weight is 524 g/mol. The van der Waals surface area contributed by atoms with E-state index >= 15 is 0 Å². The Morgan fingerprint density at radius 3 is 2.69 bits per heavy atom. The van der Waals surface area contributed by atoms with Crippen LogP contribution in [0.2, 0.25) is 5.02 Å². The first kappa shape index (κ1) is 23.5. The molecule has 2 saturated heterocycles. The Morgan fingerprint density at radius 2 is 1.97 bits per heavy atom. The number of rotatable bonds is 7. The van der Waals surface area contributed by atoms with Crippen LogP contribution in [0, 0.1) is 5.41 Å². The lowest BCUT2D eigenvalue weighted by Crippen LogP contribution is -2.44. The number of likely N-dealkylation sites (tertiary alicyclic amines) is 1. The molecule has 2 aromatic carbocycles. The van der Waals surface area contributed by atoms with Crippen LogP contribution in [0.4, 0.5) is 0 Å². The molecule has 4 aromatic rings. The van der Waals surface area contributed by atoms with Crippen LogP contribution in [0.25, 0.3) is 26.3 Å². The molecule has 4 heterocycles. The van der Waals surface area contributed by atoms with Crippen LogP contribution in [0.1, 0.15) is 6.42 Å². The van der Waals surface area contributed by atoms with Gasteiger partial charge < -0.3 is 14.2 Å². The van der Waals surface area contributed by atoms with E-state index < -0.39 is 0 Å². The van der Waals surface area contributed by atoms with E-state index in [2.05, 4.69) is 9.88 Å². The van der Waals surface area contributed by atoms with Crippen molar-refractivity contribution in [3.63, 3.8) is 0 Å². The van der Waals surface area contributed by atoms with Crippen molar-refractivity contribution < 1.29 is 14.2 Å². The van der Waals surface area contributed by atoms with Crippen molar-refractivity contribution >= 4 is 33.2 Å². The lowest BCUT2D eigenvalue weighted by Gasteiger charge is -2.37. The Balaban J connectivity index is 1.20. The van der Waals surface area contributed by atoms with Crippen LogP contribution in [-0.4, -0.2) is 61.0 Å². The number of hydrogen-bond donors (Lipinski definition) is 0. The Hall–Kier alpha value is -2.91. The summed E-state index contributed by atoms with van der Waals surface area (Å²) < 4.78 is 19.2. The molecule has 0 saturated carbocycles. The third kappa shape index (κ3) is 4.39. The van der Waals surface area contributed by atoms with Crippen LogP contribution in [0.15, 0.2) is 59.7 Å². The SMILES string of the molecule is COc1cc(-n2cnc3cc(-c4ccc(Cl)cc4)sc3c2=O)ccc1OCCN1CCC2(COC2)C1. The third-order valence-electron chi connectivity index (χ3n) is 6.99. The molecule has 0 amide bonds. The fourth-order valence-corrected chi connectivity index (χ4v) is 6.08. The molecule has 36 heavy (non-hydrogen) atoms. The van der Waals surface area contributed by atoms with E-state index in [0.29, 0.717) is 44.4 Å². The van der Waals surface area contributed by atoms with Crippen LogP contribution in [0.5, 0.6) is 11.5 Å². The van der Waals surface area contributed by atoms with Gasteiger partial charge in [-0.15, -0.1) is 11.3 Å². The number of fused-ring (bicyclic) bond motifs is 1. The van der Waals surface area contributed by atoms with E-state index in [0.717, 1.165) is 43.3 Å². The lowest BCUT2D eigenvalue weighted by atomic mass is 9.85. The predicted molar refractivity (Wildman–Crippen MR) is 142 cm³/mol. The van der Waals surface area contributed by atoms with Crippen LogP contribution in [0.3, 0.4) is 0 Å². The van der Waals surface area contributed by atoms with Crippen LogP contribution < -0.4 is 15.0 Å². The molecule has 0 radical (unpaired) electrons. The molecule has 7 nitrogen and oxygen atoms in total. The first-order valence-corrected chi connectivity index (χ1v) is 13.1. The van der Waals surface area contributed by atoms with Crippen molar-refractivity contribution in [2.24, 2.45) is 5.41 Å². The number of hydrogen-bond acceptors (Lipinski definition) is 7. The zero-order valence-corrected chi connectivity index (χ0v) is 21.5. The Bertz CT molecular complexity index is 1460. The highest BCUT2D eigenvalue weighted by Crippen LogP contribution is 2.37. The maximum Gasteiger partial charge on any atom is 0.275 e. The quantitative estimate of drug-likeness (QED) is 0.344. The Labute approximate surface area is 217 Å². The standard InChI is InChI=1S/C27H26ClN3O4S/c1-33-23-12-20(6-7-22(23)35-11-10-30-9-8-27(14-30)15-34-16-27)31-17-29-21-13-24(36-25(21)26(31)32)18-2-4-19(28)5-3-18/h2-7,12-13,17H,8-11,14-16H2,1H3. The molecule has 2 fully saturated rings. The van der Waals surface area contributed by atoms with Gasteiger partial charge in [0.2, 0.25) is 0 Å². The number of ether oxygens (including phenoxy) is 3. The monoisotopic (exact) mass is 523 g/mol. The van der Waals surface area contributed by atoms with Gasteiger partial charge in [0.25, 0.3) is 5.56 Å². The van der Waals surface area contributed by atoms with Gasteiger partial charge in [0.05, 0.1) is 31.5 Å². The molecule has 0 N–H and O–H groups in total. The van der Waals surface area contributed by atoms with Crippen molar-refractivity contribution in [1.29, 1.82) is 0 Å². The second kappa shape index (κ2) is 9.52. The molecular formula is C27H26ClN3O4S. The van der Waals surface area contributed by atoms with E-state index in [1.165, 1.54) is 17.8 Å². The summed E-state index contributed by atoms with van der Waals surface area (Å²) >= 11 is 7.44. The molecule has 0 unspecified atom stereocenters. The molecule has 2 aliphatic rings. The first-order valence-electron chi connectivity index (χ1n) is 11.9. The van der Waals surface area contributed by atoms with Gasteiger partial charge >= 0.3 is 0 Å². The average Bonchev–Trinajstić information content (AvgIpc) is 3.51. The molecule has 0 aliphatic carbocycles. The molecule has 186 valence electrons. The van der Waals surface area contributed by atoms with Gasteiger partial charge in [0, 0.05) is 34.5 Å². The summed E-state index contributed by atoms with van der Waals surface area (Å²) in [6.45, 7) is 5.36. The lowest BCUT2D eigenvalue weighted by molar-refractivity contribution is -0.105. The van der Waals surface area contributed by atoms with Gasteiger partial charge in [0.15, 0.2) is 11.5 Å². The van der Waals surface area contributed by atoms with Crippen molar-refractivity contribution in [2.75, 3.05) is 46.6 Å². The summed E-state index contributed by atoms with van der Waals surface area (Å²) in [5.41, 5.74) is 2.60. The van der Waals surface area contributed by atoms with Gasteiger partial charge in [-0.25, -0.2) is 4.98 Å². The number of benzene rings is 2. The van der Waals surface area contributed by atoms with Gasteiger partial charge in [-0.05, 0) is 48.9 Å². The van der Waals surface area contributed by atoms with Crippen molar-refractivity contribution in [2.45, 2.75) is 6.42 Å². The van der Waals surface area contributed by atoms with Crippen molar-refractivity contribution in [3.05, 3.63) is 70.2 Å². The highest BCUT2D eigenvalue weighted by atomic mass is 35.5. The maximum atomic E-state index is 13.3. The third-order valence-corrected chi connectivity index (χ3v) is 8.40. The van der Waals surface area contributed by atoms with Crippen LogP contribution in [-0.2, 0) is 4.74 Å². The van der Waals surface area contributed by atoms with Gasteiger partial charge in [-0.2, -0.15) is 0 Å². The van der Waals surface area contributed by atoms with Crippen molar-refractivity contribution in [1.82, 2.24) is 14.5 Å². The zero-order valence-electron chi connectivity index (χ0n) is 19.9. The molecule has 9 heteroatoms. The van der Waals surface area contributed by atoms with Crippen molar-refractivity contribution in [3.8, 4) is 27.6 Å². The normalized spacial score (nSPS) is 16.9. The Morgan fingerprint density at radius 1 is 1.14 bits per heavy atom. The summed E-state index contributed by atoms with van der Waals surface area (Å²) in [7, 11) is 1.61. The molecule has 0 atom stereocenters. The maximum absolute atomic E-state index is 13.3. The number of aromatic nitrogens is 2. The number of halogens is 1. The molecular weight excluding hydrogens is 498 g/mol. The molecule has 0 bridgehead atoms. The van der Waals surface area contributed by atoms with Gasteiger partial charge in [-0.3, -0.25) is 14.3 Å². The summed E-state index contributed by atoms with van der Waals surface area (Å²) in [5, 5.41) is 0.676. The predicted octanol–water partition coefficient (Wildman–Crippen LogP) is 4.88. The number of thiophene rings is 1. The fourth-order valence-electron chi connectivity index (χ4n) is 4.91. The second-order valence-electron chi connectivity index (χ2n) is 9.45. The highest BCUT2D eigenvalue weighted by Gasteiger charge is 2.44. The minimum Gasteiger partial charge on any atom is -0.493 e. The topological polar surface area (TPSA) is 65.8 Å². The second-order valence-corrected chi connectivity index (χ2v) is 10.9. The zero-order chi connectivity index (χ0) is 24.7. The first-order chi connectivity index (χ1) is 17.5. The summed E-state index contributed by atoms with van der Waals surface area (Å²) in [6, 6.07) is 15.0. The molecule has 1 spiro atoms. The summed E-state index contributed by atoms with van der Waals surface area (Å²) in [4.78, 5) is 21.3. The van der Waals surface area contributed by atoms with Crippen LogP contribution >= 0.6 is 22.9 Å². The molecule has 2 aliphatic heterocycles. The minimum absolute atomic E-state index is 0.121. The largest absolute Gasteiger partial charge is 0.493 e. The van der Waals surface area contributed by atoms with E-state index in [-0.39, 0.29) is 5.56 Å². The molecule has 2 aromatic heterocycles. The Kier molecular flexibility index (Phi) is 6.21. The van der Waals surface area contributed by atoms with Gasteiger partial charge in [-0.1, -0.05) is 23.7 Å². The van der Waals surface area contributed by atoms with E-state index in [9.17, 15) is 4.79 Å². The van der Waals surface area contributed by atoms with E-state index in [1.807, 2.05) is 48.5 Å². The summed E-state index contributed by atoms with van der Waals surface area (Å²) in [6.07, 6.45) is 2.76. The molecule has 6 rings (SSSR count). The summed E-state index contributed by atoms with van der Waals surface area (Å²) in [5.74, 6) is 1.24. The minimum atomic E-state index is -0.121. The number of nitrogens with zero attached hydrogens (tertiary/aromatic N) is 3. The van der Waals surface area contributed by atoms with Gasteiger partial charge in [0.1, 0.15) is 17.6 Å². The number of methoxy groups -OCH3 is 1.